The van der Waals surface area contributed by atoms with Gasteiger partial charge in [-0.2, -0.15) is 4.39 Å². The number of carbonyl (C=O) groups is 1. The van der Waals surface area contributed by atoms with E-state index < -0.39 is 22.3 Å². The van der Waals surface area contributed by atoms with E-state index >= 15 is 0 Å². The van der Waals surface area contributed by atoms with Gasteiger partial charge in [-0.15, -0.1) is 11.3 Å². The molecule has 1 amide bonds. The van der Waals surface area contributed by atoms with E-state index in [-0.39, 0.29) is 12.1 Å². The highest BCUT2D eigenvalue weighted by molar-refractivity contribution is 7.07. The van der Waals surface area contributed by atoms with Crippen molar-refractivity contribution >= 4 is 22.9 Å². The van der Waals surface area contributed by atoms with Gasteiger partial charge in [-0.1, -0.05) is 0 Å². The molecule has 1 heterocycles. The lowest BCUT2D eigenvalue weighted by Gasteiger charge is -2.03. The zero-order chi connectivity index (χ0) is 13.8. The van der Waals surface area contributed by atoms with Crippen LogP contribution in [0.2, 0.25) is 0 Å². The van der Waals surface area contributed by atoms with E-state index in [0.29, 0.717) is 5.69 Å². The van der Waals surface area contributed by atoms with E-state index in [4.69, 9.17) is 0 Å². The number of benzene rings is 1. The van der Waals surface area contributed by atoms with Crippen LogP contribution < -0.4 is 5.32 Å². The first kappa shape index (κ1) is 13.1. The molecule has 6 nitrogen and oxygen atoms in total. The van der Waals surface area contributed by atoms with Crippen LogP contribution in [-0.4, -0.2) is 15.8 Å². The second kappa shape index (κ2) is 5.53. The van der Waals surface area contributed by atoms with Crippen molar-refractivity contribution in [3.05, 3.63) is 56.3 Å². The van der Waals surface area contributed by atoms with Crippen LogP contribution in [0.3, 0.4) is 0 Å². The van der Waals surface area contributed by atoms with E-state index in [1.807, 2.05) is 0 Å². The lowest BCUT2D eigenvalue weighted by molar-refractivity contribution is -0.387. The van der Waals surface area contributed by atoms with Gasteiger partial charge >= 0.3 is 5.69 Å². The molecule has 0 saturated carbocycles. The number of nitrogens with one attached hydrogen (secondary N) is 1. The van der Waals surface area contributed by atoms with Crippen molar-refractivity contribution in [2.75, 3.05) is 0 Å². The highest BCUT2D eigenvalue weighted by atomic mass is 32.1. The summed E-state index contributed by atoms with van der Waals surface area (Å²) in [5.41, 5.74) is 1.70. The van der Waals surface area contributed by atoms with Crippen molar-refractivity contribution < 1.29 is 14.1 Å². The molecule has 19 heavy (non-hydrogen) atoms. The highest BCUT2D eigenvalue weighted by Crippen LogP contribution is 2.17. The van der Waals surface area contributed by atoms with Crippen molar-refractivity contribution in [1.29, 1.82) is 0 Å². The second-order valence-corrected chi connectivity index (χ2v) is 4.30. The number of amides is 1. The smallest absolute Gasteiger partial charge is 0.304 e. The molecule has 0 aliphatic rings. The maximum absolute atomic E-state index is 13.3. The van der Waals surface area contributed by atoms with E-state index in [9.17, 15) is 19.3 Å². The van der Waals surface area contributed by atoms with E-state index in [1.54, 1.807) is 10.9 Å². The van der Waals surface area contributed by atoms with Gasteiger partial charge in [-0.05, 0) is 12.1 Å². The quantitative estimate of drug-likeness (QED) is 0.687. The topological polar surface area (TPSA) is 85.1 Å². The molecule has 0 aliphatic carbocycles. The normalized spacial score (nSPS) is 10.2. The van der Waals surface area contributed by atoms with Crippen molar-refractivity contribution in [3.8, 4) is 0 Å². The number of hydrogen-bond donors (Lipinski definition) is 1. The molecule has 0 unspecified atom stereocenters. The summed E-state index contributed by atoms with van der Waals surface area (Å²) in [5.74, 6) is -1.55. The van der Waals surface area contributed by atoms with E-state index in [2.05, 4.69) is 10.3 Å². The molecule has 8 heteroatoms. The van der Waals surface area contributed by atoms with Crippen molar-refractivity contribution in [2.24, 2.45) is 0 Å². The molecule has 1 aromatic heterocycles. The Morgan fingerprint density at radius 2 is 2.32 bits per heavy atom. The molecule has 1 N–H and O–H groups in total. The number of carbonyl (C=O) groups excluding carboxylic acids is 1. The monoisotopic (exact) mass is 281 g/mol. The molecule has 0 spiro atoms. The third kappa shape index (κ3) is 3.10. The molecule has 1 aromatic carbocycles. The number of hydrogen-bond acceptors (Lipinski definition) is 5. The van der Waals surface area contributed by atoms with Crippen LogP contribution in [0.5, 0.6) is 0 Å². The summed E-state index contributed by atoms with van der Waals surface area (Å²) in [6, 6.07) is 3.01. The van der Waals surface area contributed by atoms with Crippen molar-refractivity contribution in [2.45, 2.75) is 6.54 Å². The Morgan fingerprint density at radius 3 is 2.89 bits per heavy atom. The number of nitro groups is 1. The van der Waals surface area contributed by atoms with Gasteiger partial charge in [0.2, 0.25) is 5.82 Å². The van der Waals surface area contributed by atoms with Gasteiger partial charge in [0.1, 0.15) is 0 Å². The zero-order valence-corrected chi connectivity index (χ0v) is 10.3. The number of nitro benzene ring substituents is 1. The maximum Gasteiger partial charge on any atom is 0.304 e. The van der Waals surface area contributed by atoms with Crippen LogP contribution in [-0.2, 0) is 6.54 Å². The summed E-state index contributed by atoms with van der Waals surface area (Å²) in [6.45, 7) is 0.223. The van der Waals surface area contributed by atoms with Crippen LogP contribution in [0.15, 0.2) is 29.1 Å². The average molecular weight is 281 g/mol. The fourth-order valence-electron chi connectivity index (χ4n) is 1.39. The fraction of sp³-hybridized carbons (Fsp3) is 0.0909. The Balaban J connectivity index is 2.07. The molecular formula is C11H8FN3O3S. The second-order valence-electron chi connectivity index (χ2n) is 3.59. The van der Waals surface area contributed by atoms with E-state index in [0.717, 1.165) is 12.1 Å². The number of rotatable bonds is 4. The van der Waals surface area contributed by atoms with Gasteiger partial charge in [-0.25, -0.2) is 4.98 Å². The molecule has 0 fully saturated rings. The van der Waals surface area contributed by atoms with Crippen LogP contribution in [0.1, 0.15) is 16.1 Å². The van der Waals surface area contributed by atoms with Gasteiger partial charge in [0, 0.05) is 17.0 Å². The Morgan fingerprint density at radius 1 is 1.53 bits per heavy atom. The van der Waals surface area contributed by atoms with Gasteiger partial charge in [0.25, 0.3) is 5.91 Å². The van der Waals surface area contributed by atoms with Crippen LogP contribution in [0.4, 0.5) is 10.1 Å². The first-order valence-electron chi connectivity index (χ1n) is 5.17. The largest absolute Gasteiger partial charge is 0.346 e. The number of halogens is 1. The lowest BCUT2D eigenvalue weighted by Crippen LogP contribution is -2.23. The fourth-order valence-corrected chi connectivity index (χ4v) is 1.95. The summed E-state index contributed by atoms with van der Waals surface area (Å²) in [6.07, 6.45) is 0. The first-order valence-corrected chi connectivity index (χ1v) is 6.11. The maximum atomic E-state index is 13.3. The van der Waals surface area contributed by atoms with Crippen LogP contribution in [0.25, 0.3) is 0 Å². The minimum atomic E-state index is -1.04. The van der Waals surface area contributed by atoms with Crippen molar-refractivity contribution in [1.82, 2.24) is 10.3 Å². The van der Waals surface area contributed by atoms with Crippen LogP contribution in [0, 0.1) is 15.9 Å². The molecule has 0 aliphatic heterocycles. The summed E-state index contributed by atoms with van der Waals surface area (Å²) in [5, 5.41) is 14.8. The Bertz CT molecular complexity index is 616. The standard InChI is InChI=1S/C11H8FN3O3S/c12-9-3-7(1-2-10(9)15(17)18)11(16)13-4-8-5-19-6-14-8/h1-3,5-6H,4H2,(H,13,16). The van der Waals surface area contributed by atoms with Gasteiger partial charge < -0.3 is 5.32 Å². The third-order valence-electron chi connectivity index (χ3n) is 2.32. The SMILES string of the molecule is O=C(NCc1cscn1)c1ccc([N+](=O)[O-])c(F)c1. The third-order valence-corrected chi connectivity index (χ3v) is 2.96. The molecule has 0 bridgehead atoms. The van der Waals surface area contributed by atoms with Crippen molar-refractivity contribution in [3.63, 3.8) is 0 Å². The highest BCUT2D eigenvalue weighted by Gasteiger charge is 2.16. The summed E-state index contributed by atoms with van der Waals surface area (Å²) in [4.78, 5) is 25.3. The number of thiazole rings is 1. The van der Waals surface area contributed by atoms with Gasteiger partial charge in [0.15, 0.2) is 0 Å². The first-order chi connectivity index (χ1) is 9.08. The predicted molar refractivity (Wildman–Crippen MR) is 66.3 cm³/mol. The van der Waals surface area contributed by atoms with E-state index in [1.165, 1.54) is 17.4 Å². The van der Waals surface area contributed by atoms with Crippen LogP contribution >= 0.6 is 11.3 Å². The number of aromatic nitrogens is 1. The Kier molecular flexibility index (Phi) is 3.81. The summed E-state index contributed by atoms with van der Waals surface area (Å²) in [7, 11) is 0. The number of nitrogens with zero attached hydrogens (tertiary/aromatic N) is 2. The Hall–Kier alpha value is -2.35. The minimum Gasteiger partial charge on any atom is -0.346 e. The summed E-state index contributed by atoms with van der Waals surface area (Å²) >= 11 is 1.40. The lowest BCUT2D eigenvalue weighted by atomic mass is 10.2. The average Bonchev–Trinajstić information content (AvgIpc) is 2.88. The minimum absolute atomic E-state index is 0.0262. The van der Waals surface area contributed by atoms with Gasteiger partial charge in [-0.3, -0.25) is 14.9 Å². The van der Waals surface area contributed by atoms with Gasteiger partial charge in [0.05, 0.1) is 22.7 Å². The molecule has 2 aromatic rings. The molecule has 2 rings (SSSR count). The molecule has 0 saturated heterocycles. The zero-order valence-electron chi connectivity index (χ0n) is 9.50. The molecule has 0 atom stereocenters. The molecule has 98 valence electrons. The molecule has 0 radical (unpaired) electrons. The summed E-state index contributed by atoms with van der Waals surface area (Å²) < 4.78 is 13.3. The Labute approximate surface area is 111 Å². The predicted octanol–water partition coefficient (Wildman–Crippen LogP) is 2.12. The molecular weight excluding hydrogens is 273 g/mol.